The standard InChI is InChI=1S/C24H27FN4O2/c1-14-12-29(9-10-30-14)20-13-31-21-11-16(25)7-8-17(21)22(20)26-18-3-2-4-19-23(18)28-24(27-19)15-5-6-15/h2-4,7-8,11,14-15,20,22,26H,5-6,9-10,12-13H2,1H3,(H,27,28)/t14-,20+,22+/m1/s1. The van der Waals surface area contributed by atoms with Gasteiger partial charge in [0.1, 0.15) is 29.5 Å². The Morgan fingerprint density at radius 2 is 2.13 bits per heavy atom. The topological polar surface area (TPSA) is 62.4 Å². The molecule has 0 bridgehead atoms. The highest BCUT2D eigenvalue weighted by atomic mass is 19.1. The number of benzene rings is 2. The van der Waals surface area contributed by atoms with Crippen LogP contribution < -0.4 is 10.1 Å². The van der Waals surface area contributed by atoms with E-state index in [2.05, 4.69) is 40.3 Å². The quantitative estimate of drug-likeness (QED) is 0.659. The number of nitrogens with zero attached hydrogens (tertiary/aromatic N) is 2. The van der Waals surface area contributed by atoms with Crippen molar-refractivity contribution in [3.05, 3.63) is 53.6 Å². The van der Waals surface area contributed by atoms with E-state index in [4.69, 9.17) is 14.5 Å². The minimum absolute atomic E-state index is 0.0404. The number of imidazole rings is 1. The summed E-state index contributed by atoms with van der Waals surface area (Å²) < 4.78 is 25.7. The van der Waals surface area contributed by atoms with E-state index in [9.17, 15) is 4.39 Å². The third-order valence-corrected chi connectivity index (χ3v) is 6.65. The molecule has 6 nitrogen and oxygen atoms in total. The lowest BCUT2D eigenvalue weighted by Gasteiger charge is -2.44. The second-order valence-electron chi connectivity index (χ2n) is 8.96. The second kappa shape index (κ2) is 7.50. The zero-order chi connectivity index (χ0) is 20.9. The summed E-state index contributed by atoms with van der Waals surface area (Å²) in [4.78, 5) is 10.8. The van der Waals surface area contributed by atoms with Crippen molar-refractivity contribution in [2.24, 2.45) is 0 Å². The number of halogens is 1. The number of aromatic nitrogens is 2. The summed E-state index contributed by atoms with van der Waals surface area (Å²) >= 11 is 0. The molecule has 1 saturated carbocycles. The third kappa shape index (κ3) is 3.55. The van der Waals surface area contributed by atoms with Crippen LogP contribution >= 0.6 is 0 Å². The molecule has 2 fully saturated rings. The minimum Gasteiger partial charge on any atom is -0.491 e. The van der Waals surface area contributed by atoms with Crippen LogP contribution in [0.25, 0.3) is 11.0 Å². The van der Waals surface area contributed by atoms with Gasteiger partial charge in [-0.15, -0.1) is 0 Å². The first-order valence-corrected chi connectivity index (χ1v) is 11.2. The molecule has 1 saturated heterocycles. The molecule has 3 aliphatic rings. The fourth-order valence-corrected chi connectivity index (χ4v) is 4.89. The first-order chi connectivity index (χ1) is 15.2. The Labute approximate surface area is 180 Å². The first-order valence-electron chi connectivity index (χ1n) is 11.2. The molecule has 1 aromatic heterocycles. The van der Waals surface area contributed by atoms with Crippen molar-refractivity contribution in [3.8, 4) is 5.75 Å². The van der Waals surface area contributed by atoms with Crippen molar-refractivity contribution < 1.29 is 13.9 Å². The Balaban J connectivity index is 1.39. The number of H-pyrrole nitrogens is 1. The Bertz CT molecular complexity index is 1110. The molecule has 0 spiro atoms. The van der Waals surface area contributed by atoms with E-state index in [-0.39, 0.29) is 24.0 Å². The normalized spacial score (nSPS) is 26.5. The summed E-state index contributed by atoms with van der Waals surface area (Å²) in [5, 5.41) is 3.77. The van der Waals surface area contributed by atoms with Crippen LogP contribution in [0.3, 0.4) is 0 Å². The first kappa shape index (κ1) is 19.1. The summed E-state index contributed by atoms with van der Waals surface area (Å²) in [6.45, 7) is 5.02. The van der Waals surface area contributed by atoms with Gasteiger partial charge in [-0.25, -0.2) is 9.37 Å². The van der Waals surface area contributed by atoms with Gasteiger partial charge in [0, 0.05) is 30.6 Å². The van der Waals surface area contributed by atoms with Crippen LogP contribution in [-0.4, -0.2) is 53.3 Å². The van der Waals surface area contributed by atoms with Crippen molar-refractivity contribution in [1.82, 2.24) is 14.9 Å². The van der Waals surface area contributed by atoms with Gasteiger partial charge in [-0.3, -0.25) is 4.90 Å². The van der Waals surface area contributed by atoms with Crippen LogP contribution in [0.1, 0.15) is 43.1 Å². The van der Waals surface area contributed by atoms with Crippen molar-refractivity contribution in [2.75, 3.05) is 31.6 Å². The zero-order valence-corrected chi connectivity index (χ0v) is 17.6. The summed E-state index contributed by atoms with van der Waals surface area (Å²) in [6.07, 6.45) is 2.59. The maximum absolute atomic E-state index is 13.9. The molecule has 6 rings (SSSR count). The molecule has 0 radical (unpaired) electrons. The number of ether oxygens (including phenoxy) is 2. The van der Waals surface area contributed by atoms with Gasteiger partial charge in [0.2, 0.25) is 0 Å². The van der Waals surface area contributed by atoms with Crippen molar-refractivity contribution in [2.45, 2.75) is 43.9 Å². The van der Waals surface area contributed by atoms with E-state index in [1.54, 1.807) is 0 Å². The van der Waals surface area contributed by atoms with E-state index in [1.807, 2.05) is 6.07 Å². The third-order valence-electron chi connectivity index (χ3n) is 6.65. The average Bonchev–Trinajstić information content (AvgIpc) is 3.52. The number of aromatic amines is 1. The predicted molar refractivity (Wildman–Crippen MR) is 117 cm³/mol. The van der Waals surface area contributed by atoms with Gasteiger partial charge in [-0.1, -0.05) is 12.1 Å². The number of rotatable bonds is 4. The highest BCUT2D eigenvalue weighted by Crippen LogP contribution is 2.41. The molecule has 0 amide bonds. The predicted octanol–water partition coefficient (Wildman–Crippen LogP) is 4.21. The molecule has 7 heteroatoms. The lowest BCUT2D eigenvalue weighted by atomic mass is 9.94. The number of para-hydroxylation sites is 1. The summed E-state index contributed by atoms with van der Waals surface area (Å²) in [6, 6.07) is 11.1. The Hall–Kier alpha value is -2.64. The molecule has 2 aromatic carbocycles. The SMILES string of the molecule is C[C@@H]1CN([C@H]2COc3cc(F)ccc3[C@@H]2Nc2cccc3[nH]c(C4CC4)nc23)CCO1. The fraction of sp³-hybridized carbons (Fsp3) is 0.458. The van der Waals surface area contributed by atoms with E-state index >= 15 is 0 Å². The fourth-order valence-electron chi connectivity index (χ4n) is 4.89. The average molecular weight is 423 g/mol. The van der Waals surface area contributed by atoms with Crippen LogP contribution in [0.5, 0.6) is 5.75 Å². The van der Waals surface area contributed by atoms with Gasteiger partial charge in [0.05, 0.1) is 36.0 Å². The molecule has 0 unspecified atom stereocenters. The smallest absolute Gasteiger partial charge is 0.127 e. The molecule has 3 aromatic rings. The highest BCUT2D eigenvalue weighted by molar-refractivity contribution is 5.88. The van der Waals surface area contributed by atoms with Gasteiger partial charge >= 0.3 is 0 Å². The largest absolute Gasteiger partial charge is 0.491 e. The number of fused-ring (bicyclic) bond motifs is 2. The number of hydrogen-bond acceptors (Lipinski definition) is 5. The summed E-state index contributed by atoms with van der Waals surface area (Å²) in [5.41, 5.74) is 3.99. The Morgan fingerprint density at radius 1 is 1.23 bits per heavy atom. The van der Waals surface area contributed by atoms with Crippen LogP contribution in [0.2, 0.25) is 0 Å². The lowest BCUT2D eigenvalue weighted by Crippen LogP contribution is -2.54. The molecular weight excluding hydrogens is 395 g/mol. The second-order valence-corrected chi connectivity index (χ2v) is 8.96. The molecule has 2 aliphatic heterocycles. The summed E-state index contributed by atoms with van der Waals surface area (Å²) in [7, 11) is 0. The maximum Gasteiger partial charge on any atom is 0.127 e. The lowest BCUT2D eigenvalue weighted by molar-refractivity contribution is -0.0465. The van der Waals surface area contributed by atoms with Crippen LogP contribution in [0.15, 0.2) is 36.4 Å². The van der Waals surface area contributed by atoms with Gasteiger partial charge in [0.25, 0.3) is 0 Å². The van der Waals surface area contributed by atoms with E-state index < -0.39 is 0 Å². The maximum atomic E-state index is 13.9. The van der Waals surface area contributed by atoms with E-state index in [0.29, 0.717) is 24.9 Å². The Kier molecular flexibility index (Phi) is 4.61. The van der Waals surface area contributed by atoms with Gasteiger partial charge in [-0.05, 0) is 38.0 Å². The zero-order valence-electron chi connectivity index (χ0n) is 17.6. The molecule has 1 aliphatic carbocycles. The van der Waals surface area contributed by atoms with Crippen molar-refractivity contribution in [3.63, 3.8) is 0 Å². The van der Waals surface area contributed by atoms with Gasteiger partial charge in [0.15, 0.2) is 0 Å². The number of morpholine rings is 1. The van der Waals surface area contributed by atoms with Crippen molar-refractivity contribution in [1.29, 1.82) is 0 Å². The molecular formula is C24H27FN4O2. The molecule has 3 atom stereocenters. The summed E-state index contributed by atoms with van der Waals surface area (Å²) in [5.74, 6) is 1.98. The molecule has 162 valence electrons. The number of anilines is 1. The van der Waals surface area contributed by atoms with E-state index in [1.165, 1.54) is 25.0 Å². The number of nitrogens with one attached hydrogen (secondary N) is 2. The van der Waals surface area contributed by atoms with Gasteiger partial charge < -0.3 is 19.8 Å². The van der Waals surface area contributed by atoms with Crippen LogP contribution in [0.4, 0.5) is 10.1 Å². The Morgan fingerprint density at radius 3 is 2.97 bits per heavy atom. The molecule has 31 heavy (non-hydrogen) atoms. The van der Waals surface area contributed by atoms with Crippen molar-refractivity contribution >= 4 is 16.7 Å². The van der Waals surface area contributed by atoms with Gasteiger partial charge in [-0.2, -0.15) is 0 Å². The number of hydrogen-bond donors (Lipinski definition) is 2. The molecule has 2 N–H and O–H groups in total. The van der Waals surface area contributed by atoms with Crippen LogP contribution in [-0.2, 0) is 4.74 Å². The molecule has 3 heterocycles. The highest BCUT2D eigenvalue weighted by Gasteiger charge is 2.37. The van der Waals surface area contributed by atoms with E-state index in [0.717, 1.165) is 41.2 Å². The monoisotopic (exact) mass is 422 g/mol. The minimum atomic E-state index is -0.278. The van der Waals surface area contributed by atoms with Crippen LogP contribution in [0, 0.1) is 5.82 Å².